The monoisotopic (exact) mass is 408 g/mol. The van der Waals surface area contributed by atoms with Gasteiger partial charge in [-0.1, -0.05) is 171 Å². The Labute approximate surface area is 185 Å². The molecule has 1 heteroatoms. The number of hydrogen-bond acceptors (Lipinski definition) is 0. The first kappa shape index (κ1) is 28.5. The zero-order valence-corrected chi connectivity index (χ0v) is 23.3. The van der Waals surface area contributed by atoms with E-state index in [-0.39, 0.29) is 0 Å². The quantitative estimate of drug-likeness (QED) is 0.236. The van der Waals surface area contributed by atoms with Gasteiger partial charge in [-0.05, 0) is 0 Å². The van der Waals surface area contributed by atoms with Crippen LogP contribution in [-0.4, -0.2) is 14.1 Å². The lowest BCUT2D eigenvalue weighted by molar-refractivity contribution is 0.296. The topological polar surface area (TPSA) is 0 Å². The summed E-state index contributed by atoms with van der Waals surface area (Å²) in [4.78, 5) is 0. The van der Waals surface area contributed by atoms with Gasteiger partial charge in [0.1, 0.15) is 0 Å². The van der Waals surface area contributed by atoms with E-state index in [4.69, 9.17) is 0 Å². The Balaban J connectivity index is 6.07. The molecule has 0 spiro atoms. The van der Waals surface area contributed by atoms with Crippen molar-refractivity contribution in [3.63, 3.8) is 0 Å². The molecule has 0 saturated carbocycles. The van der Waals surface area contributed by atoms with E-state index < -0.39 is 14.1 Å². The summed E-state index contributed by atoms with van der Waals surface area (Å²) < 4.78 is 1.47. The van der Waals surface area contributed by atoms with Gasteiger partial charge < -0.3 is 0 Å². The van der Waals surface area contributed by atoms with Gasteiger partial charge in [0.15, 0.2) is 0 Å². The molecule has 0 bridgehead atoms. The van der Waals surface area contributed by atoms with E-state index in [1.807, 2.05) is 0 Å². The highest BCUT2D eigenvalue weighted by Gasteiger charge is 2.58. The summed E-state index contributed by atoms with van der Waals surface area (Å²) in [6.07, 6.45) is 12.4. The van der Waals surface area contributed by atoms with Crippen LogP contribution in [0.3, 0.4) is 0 Å². The van der Waals surface area contributed by atoms with Crippen molar-refractivity contribution in [3.05, 3.63) is 0 Å². The van der Waals surface area contributed by atoms with Gasteiger partial charge in [0.05, 0.1) is 0 Å². The first-order valence-electron chi connectivity index (χ1n) is 12.8. The molecule has 0 amide bonds. The Morgan fingerprint density at radius 2 is 0.714 bits per heavy atom. The van der Waals surface area contributed by atoms with Crippen LogP contribution in [-0.2, 0) is 0 Å². The van der Waals surface area contributed by atoms with E-state index in [1.165, 1.54) is 57.8 Å². The van der Waals surface area contributed by atoms with Gasteiger partial charge >= 0.3 is 0 Å². The van der Waals surface area contributed by atoms with Crippen LogP contribution in [0.5, 0.6) is 0 Å². The Morgan fingerprint density at radius 3 is 0.893 bits per heavy atom. The van der Waals surface area contributed by atoms with Crippen molar-refractivity contribution in [1.82, 2.24) is 0 Å². The van der Waals surface area contributed by atoms with E-state index in [0.717, 1.165) is 17.8 Å². The van der Waals surface area contributed by atoms with Gasteiger partial charge in [-0.25, -0.2) is 0 Å². The van der Waals surface area contributed by atoms with Crippen LogP contribution in [0.1, 0.15) is 141 Å². The highest BCUT2D eigenvalue weighted by atomic mass is 27.2. The van der Waals surface area contributed by atoms with Crippen LogP contribution in [0.4, 0.5) is 0 Å². The zero-order chi connectivity index (χ0) is 22.2. The van der Waals surface area contributed by atoms with E-state index in [2.05, 4.69) is 83.1 Å². The molecular formula is C27H57Al. The van der Waals surface area contributed by atoms with Gasteiger partial charge in [0.2, 0.25) is 0 Å². The van der Waals surface area contributed by atoms with Crippen LogP contribution in [0, 0.1) is 17.8 Å². The van der Waals surface area contributed by atoms with Crippen LogP contribution >= 0.6 is 0 Å². The minimum atomic E-state index is -1.16. The lowest BCUT2D eigenvalue weighted by atomic mass is 9.88. The Morgan fingerprint density at radius 1 is 0.500 bits per heavy atom. The average molecular weight is 409 g/mol. The minimum Gasteiger partial charge on any atom is -0.0727 e. The molecule has 168 valence electrons. The molecule has 0 heterocycles. The number of unbranched alkanes of at least 4 members (excludes halogenated alkanes) is 3. The lowest BCUT2D eigenvalue weighted by Gasteiger charge is -2.55. The van der Waals surface area contributed by atoms with Crippen molar-refractivity contribution in [3.8, 4) is 0 Å². The molecular weight excluding hydrogens is 351 g/mol. The second-order valence-corrected chi connectivity index (χ2v) is 17.4. The average Bonchev–Trinajstić information content (AvgIpc) is 2.60. The first-order valence-corrected chi connectivity index (χ1v) is 14.5. The number of hydrogen-bond donors (Lipinski definition) is 0. The third-order valence-corrected chi connectivity index (χ3v) is 15.2. The summed E-state index contributed by atoms with van der Waals surface area (Å²) >= 11 is -1.16. The van der Waals surface area contributed by atoms with Crippen LogP contribution in [0.15, 0.2) is 0 Å². The van der Waals surface area contributed by atoms with Gasteiger partial charge in [0.25, 0.3) is 14.1 Å². The van der Waals surface area contributed by atoms with E-state index in [9.17, 15) is 0 Å². The third kappa shape index (κ3) is 7.34. The third-order valence-electron chi connectivity index (χ3n) is 9.01. The summed E-state index contributed by atoms with van der Waals surface area (Å²) in [5.74, 6) is 2.50. The molecule has 0 radical (unpaired) electrons. The van der Waals surface area contributed by atoms with Crippen LogP contribution in [0.25, 0.3) is 0 Å². The second-order valence-electron chi connectivity index (χ2n) is 12.0. The van der Waals surface area contributed by atoms with Gasteiger partial charge in [0, 0.05) is 0 Å². The van der Waals surface area contributed by atoms with Gasteiger partial charge in [-0.15, -0.1) is 0 Å². The fourth-order valence-electron chi connectivity index (χ4n) is 6.38. The standard InChI is InChI=1S/3C9H19.Al/c3*1-5-6-7-9(4)8(2)3;/h3*9H,5-7H2,1-4H3;. The molecule has 0 saturated heterocycles. The maximum Gasteiger partial charge on any atom is 0.282 e. The normalized spacial score (nSPS) is 16.7. The van der Waals surface area contributed by atoms with Crippen molar-refractivity contribution in [2.75, 3.05) is 0 Å². The molecule has 0 aromatic heterocycles. The smallest absolute Gasteiger partial charge is 0.0727 e. The predicted molar refractivity (Wildman–Crippen MR) is 134 cm³/mol. The molecule has 0 aliphatic rings. The van der Waals surface area contributed by atoms with Crippen LogP contribution in [0.2, 0.25) is 12.8 Å². The highest BCUT2D eigenvalue weighted by molar-refractivity contribution is 6.68. The van der Waals surface area contributed by atoms with Crippen molar-refractivity contribution in [2.24, 2.45) is 17.8 Å². The molecule has 0 N–H and O–H groups in total. The molecule has 3 atom stereocenters. The molecule has 0 aliphatic heterocycles. The van der Waals surface area contributed by atoms with Crippen molar-refractivity contribution in [1.29, 1.82) is 0 Å². The SMILES string of the molecule is CCCCC(C)[C](C)(C)[Al]([C](C)(C)C(C)CCCC)[C](C)(C)C(C)CCCC. The summed E-state index contributed by atoms with van der Waals surface area (Å²) in [5.41, 5.74) is 0. The van der Waals surface area contributed by atoms with E-state index >= 15 is 0 Å². The summed E-state index contributed by atoms with van der Waals surface area (Å²) in [6, 6.07) is 0. The second kappa shape index (κ2) is 12.4. The zero-order valence-electron chi connectivity index (χ0n) is 22.2. The Bertz CT molecular complexity index is 345. The minimum absolute atomic E-state index is 0.489. The molecule has 0 nitrogen and oxygen atoms in total. The van der Waals surface area contributed by atoms with Crippen LogP contribution < -0.4 is 0 Å². The molecule has 0 fully saturated rings. The summed E-state index contributed by atoms with van der Waals surface area (Å²) in [6.45, 7) is 30.8. The predicted octanol–water partition coefficient (Wildman–Crippen LogP) is 10.3. The summed E-state index contributed by atoms with van der Waals surface area (Å²) in [7, 11) is 0. The van der Waals surface area contributed by atoms with Gasteiger partial charge in [-0.3, -0.25) is 0 Å². The highest BCUT2D eigenvalue weighted by Crippen LogP contribution is 2.63. The van der Waals surface area contributed by atoms with Crippen molar-refractivity contribution in [2.45, 2.75) is 154 Å². The van der Waals surface area contributed by atoms with E-state index in [0.29, 0.717) is 12.8 Å². The fraction of sp³-hybridized carbons (Fsp3) is 1.00. The maximum absolute atomic E-state index is 2.67. The van der Waals surface area contributed by atoms with Crippen molar-refractivity contribution >= 4 is 14.1 Å². The Hall–Kier alpha value is 0.532. The molecule has 0 aromatic carbocycles. The lowest BCUT2D eigenvalue weighted by Crippen LogP contribution is -2.52. The number of rotatable bonds is 15. The van der Waals surface area contributed by atoms with Gasteiger partial charge in [-0.2, -0.15) is 0 Å². The van der Waals surface area contributed by atoms with Crippen molar-refractivity contribution < 1.29 is 0 Å². The molecule has 0 rings (SSSR count). The molecule has 0 aliphatic carbocycles. The molecule has 0 aromatic rings. The summed E-state index contributed by atoms with van der Waals surface area (Å²) in [5, 5.41) is 0. The van der Waals surface area contributed by atoms with E-state index in [1.54, 1.807) is 0 Å². The first-order chi connectivity index (χ1) is 12.8. The largest absolute Gasteiger partial charge is 0.282 e. The maximum atomic E-state index is 2.67. The Kier molecular flexibility index (Phi) is 12.6. The molecule has 28 heavy (non-hydrogen) atoms. The fourth-order valence-corrected chi connectivity index (χ4v) is 14.3. The molecule has 3 unspecified atom stereocenters.